The van der Waals surface area contributed by atoms with E-state index in [1.807, 2.05) is 0 Å². The second-order valence-corrected chi connectivity index (χ2v) is 1.66. The predicted molar refractivity (Wildman–Crippen MR) is 25.1 cm³/mol. The van der Waals surface area contributed by atoms with Crippen LogP contribution in [0.4, 0.5) is 0 Å². The van der Waals surface area contributed by atoms with Gasteiger partial charge in [-0.15, -0.1) is 0 Å². The molecule has 0 bridgehead atoms. The third-order valence-electron chi connectivity index (χ3n) is 0.760. The van der Waals surface area contributed by atoms with Gasteiger partial charge >= 0.3 is 0 Å². The molecule has 2 heteroatoms. The summed E-state index contributed by atoms with van der Waals surface area (Å²) < 4.78 is 2.83. The maximum atomic E-state index is 3.83. The van der Waals surface area contributed by atoms with Crippen LogP contribution in [0.2, 0.25) is 0 Å². The van der Waals surface area contributed by atoms with Crippen LogP contribution in [-0.4, -0.2) is 6.04 Å². The van der Waals surface area contributed by atoms with E-state index in [0.29, 0.717) is 0 Å². The van der Waals surface area contributed by atoms with Crippen molar-refractivity contribution in [3.05, 3.63) is 0 Å². The van der Waals surface area contributed by atoms with Crippen molar-refractivity contribution < 1.29 is 0 Å². The molecule has 1 fully saturated rings. The molecule has 0 aromatic carbocycles. The molecule has 0 aromatic rings. The molecule has 1 nitrogen and oxygen atoms in total. The maximum Gasteiger partial charge on any atom is 0.0170 e. The predicted octanol–water partition coefficient (Wildman–Crippen LogP) is 0.583. The van der Waals surface area contributed by atoms with Crippen molar-refractivity contribution in [1.29, 1.82) is 0 Å². The largest absolute Gasteiger partial charge is 0.264 e. The molecule has 5 heavy (non-hydrogen) atoms. The van der Waals surface area contributed by atoms with Gasteiger partial charge in [0.15, 0.2) is 0 Å². The highest BCUT2D eigenvalue weighted by atomic mass is 32.1. The first-order valence-electron chi connectivity index (χ1n) is 1.83. The standard InChI is InChI=1S/C3H7NS/c5-4-3-1-2-3/h3-5H,1-2H2. The molecule has 1 saturated carbocycles. The highest BCUT2D eigenvalue weighted by molar-refractivity contribution is 7.78. The average Bonchev–Trinajstić information content (AvgIpc) is 2.12. The molecule has 0 aliphatic heterocycles. The van der Waals surface area contributed by atoms with Gasteiger partial charge in [0.1, 0.15) is 0 Å². The molecule has 0 amide bonds. The van der Waals surface area contributed by atoms with Gasteiger partial charge in [-0.2, -0.15) is 0 Å². The van der Waals surface area contributed by atoms with Gasteiger partial charge in [0.05, 0.1) is 0 Å². The molecule has 30 valence electrons. The minimum absolute atomic E-state index is 0.748. The van der Waals surface area contributed by atoms with E-state index < -0.39 is 0 Å². The highest BCUT2D eigenvalue weighted by Crippen LogP contribution is 2.18. The zero-order valence-electron chi connectivity index (χ0n) is 2.94. The number of nitrogens with one attached hydrogen (secondary N) is 1. The molecule has 0 aromatic heterocycles. The van der Waals surface area contributed by atoms with Gasteiger partial charge in [0, 0.05) is 6.04 Å². The van der Waals surface area contributed by atoms with Gasteiger partial charge in [0.25, 0.3) is 0 Å². The molecule has 0 radical (unpaired) electrons. The van der Waals surface area contributed by atoms with Crippen molar-refractivity contribution in [2.45, 2.75) is 18.9 Å². The fraction of sp³-hybridized carbons (Fsp3) is 1.00. The van der Waals surface area contributed by atoms with Gasteiger partial charge in [-0.1, -0.05) is 12.8 Å². The summed E-state index contributed by atoms with van der Waals surface area (Å²) in [6.07, 6.45) is 2.65. The number of rotatable bonds is 1. The van der Waals surface area contributed by atoms with Crippen LogP contribution in [0.3, 0.4) is 0 Å². The van der Waals surface area contributed by atoms with Gasteiger partial charge in [0.2, 0.25) is 0 Å². The van der Waals surface area contributed by atoms with Crippen molar-refractivity contribution in [1.82, 2.24) is 4.72 Å². The Labute approximate surface area is 37.3 Å². The summed E-state index contributed by atoms with van der Waals surface area (Å²) in [6, 6.07) is 0.748. The first-order chi connectivity index (χ1) is 2.43. The zero-order valence-corrected chi connectivity index (χ0v) is 3.83. The van der Waals surface area contributed by atoms with Gasteiger partial charge in [-0.25, -0.2) is 0 Å². The number of hydrogen-bond acceptors (Lipinski definition) is 2. The SMILES string of the molecule is SNC1CC1. The highest BCUT2D eigenvalue weighted by Gasteiger charge is 2.17. The molecule has 0 heterocycles. The fourth-order valence-electron chi connectivity index (χ4n) is 0.212. The van der Waals surface area contributed by atoms with Crippen molar-refractivity contribution >= 4 is 12.8 Å². The molecule has 1 rings (SSSR count). The van der Waals surface area contributed by atoms with Crippen molar-refractivity contribution in [2.75, 3.05) is 0 Å². The van der Waals surface area contributed by atoms with Crippen LogP contribution >= 0.6 is 12.8 Å². The Bertz CT molecular complexity index is 33.9. The Morgan fingerprint density at radius 2 is 2.20 bits per heavy atom. The van der Waals surface area contributed by atoms with E-state index in [0.717, 1.165) is 6.04 Å². The second-order valence-electron chi connectivity index (χ2n) is 1.40. The molecule has 0 spiro atoms. The average molecular weight is 89.2 g/mol. The van der Waals surface area contributed by atoms with Crippen LogP contribution < -0.4 is 4.72 Å². The Morgan fingerprint density at radius 3 is 2.20 bits per heavy atom. The number of thiol groups is 1. The van der Waals surface area contributed by atoms with Gasteiger partial charge in [-0.05, 0) is 12.8 Å². The fourth-order valence-corrected chi connectivity index (χ4v) is 0.471. The van der Waals surface area contributed by atoms with E-state index >= 15 is 0 Å². The van der Waals surface area contributed by atoms with E-state index in [1.54, 1.807) is 0 Å². The lowest BCUT2D eigenvalue weighted by molar-refractivity contribution is 0.980. The molecule has 1 N–H and O–H groups in total. The van der Waals surface area contributed by atoms with Crippen LogP contribution in [0.15, 0.2) is 0 Å². The van der Waals surface area contributed by atoms with E-state index in [-0.39, 0.29) is 0 Å². The third kappa shape index (κ3) is 0.816. The lowest BCUT2D eigenvalue weighted by Gasteiger charge is -1.79. The lowest BCUT2D eigenvalue weighted by atomic mass is 10.8. The molecular formula is C3H7NS. The summed E-state index contributed by atoms with van der Waals surface area (Å²) in [6.45, 7) is 0. The van der Waals surface area contributed by atoms with E-state index in [4.69, 9.17) is 0 Å². The van der Waals surface area contributed by atoms with Crippen LogP contribution in [0.1, 0.15) is 12.8 Å². The summed E-state index contributed by atoms with van der Waals surface area (Å²) in [7, 11) is 0. The van der Waals surface area contributed by atoms with Gasteiger partial charge in [-0.3, -0.25) is 4.72 Å². The number of hydrogen-bond donors (Lipinski definition) is 2. The summed E-state index contributed by atoms with van der Waals surface area (Å²) in [5.74, 6) is 0. The molecule has 0 saturated heterocycles. The normalized spacial score (nSPS) is 23.4. The summed E-state index contributed by atoms with van der Waals surface area (Å²) >= 11 is 3.83. The third-order valence-corrected chi connectivity index (χ3v) is 1.13. The zero-order chi connectivity index (χ0) is 3.70. The van der Waals surface area contributed by atoms with E-state index in [2.05, 4.69) is 17.5 Å². The maximum absolute atomic E-state index is 3.83. The van der Waals surface area contributed by atoms with Crippen LogP contribution in [0, 0.1) is 0 Å². The van der Waals surface area contributed by atoms with Gasteiger partial charge < -0.3 is 0 Å². The minimum atomic E-state index is 0.748. The molecule has 1 aliphatic carbocycles. The van der Waals surface area contributed by atoms with E-state index in [9.17, 15) is 0 Å². The Morgan fingerprint density at radius 1 is 1.60 bits per heavy atom. The summed E-state index contributed by atoms with van der Waals surface area (Å²) in [5.41, 5.74) is 0. The molecule has 1 aliphatic rings. The first kappa shape index (κ1) is 3.50. The minimum Gasteiger partial charge on any atom is -0.264 e. The van der Waals surface area contributed by atoms with Crippen LogP contribution in [0.5, 0.6) is 0 Å². The Balaban J connectivity index is 2.00. The second kappa shape index (κ2) is 1.19. The van der Waals surface area contributed by atoms with E-state index in [1.165, 1.54) is 12.8 Å². The monoisotopic (exact) mass is 89.0 g/mol. The Kier molecular flexibility index (Phi) is 0.830. The smallest absolute Gasteiger partial charge is 0.0170 e. The van der Waals surface area contributed by atoms with Crippen molar-refractivity contribution in [3.63, 3.8) is 0 Å². The van der Waals surface area contributed by atoms with Crippen molar-refractivity contribution in [3.8, 4) is 0 Å². The van der Waals surface area contributed by atoms with Crippen molar-refractivity contribution in [2.24, 2.45) is 0 Å². The lowest BCUT2D eigenvalue weighted by Crippen LogP contribution is -1.98. The molecule has 0 unspecified atom stereocenters. The van der Waals surface area contributed by atoms with Crippen LogP contribution in [-0.2, 0) is 0 Å². The molecule has 0 atom stereocenters. The molecular weight excluding hydrogens is 82.1 g/mol. The summed E-state index contributed by atoms with van der Waals surface area (Å²) in [5, 5.41) is 0. The topological polar surface area (TPSA) is 12.0 Å². The Hall–Kier alpha value is 0.310. The quantitative estimate of drug-likeness (QED) is 0.448. The first-order valence-corrected chi connectivity index (χ1v) is 2.28. The summed E-state index contributed by atoms with van der Waals surface area (Å²) in [4.78, 5) is 0. The van der Waals surface area contributed by atoms with Crippen LogP contribution in [0.25, 0.3) is 0 Å².